The molecule has 0 spiro atoms. The first-order valence-electron chi connectivity index (χ1n) is 7.12. The van der Waals surface area contributed by atoms with Crippen molar-refractivity contribution in [3.8, 4) is 11.4 Å². The van der Waals surface area contributed by atoms with Crippen LogP contribution in [-0.4, -0.2) is 14.6 Å². The first kappa shape index (κ1) is 11.9. The van der Waals surface area contributed by atoms with E-state index in [1.807, 2.05) is 18.2 Å². The van der Waals surface area contributed by atoms with E-state index in [0.717, 1.165) is 16.3 Å². The van der Waals surface area contributed by atoms with Gasteiger partial charge in [-0.05, 0) is 11.5 Å². The SMILES string of the molecule is c1ccc(-c2nnc3sc4ccc5ccccc5c4n23)cc1. The van der Waals surface area contributed by atoms with Crippen LogP contribution in [0, 0.1) is 0 Å². The molecule has 0 N–H and O–H groups in total. The van der Waals surface area contributed by atoms with Crippen molar-refractivity contribution in [2.75, 3.05) is 0 Å². The molecule has 0 saturated carbocycles. The fourth-order valence-corrected chi connectivity index (χ4v) is 3.94. The summed E-state index contributed by atoms with van der Waals surface area (Å²) in [4.78, 5) is 0.935. The van der Waals surface area contributed by atoms with E-state index < -0.39 is 0 Å². The molecule has 5 rings (SSSR count). The molecule has 0 aliphatic carbocycles. The van der Waals surface area contributed by atoms with Gasteiger partial charge in [-0.2, -0.15) is 0 Å². The summed E-state index contributed by atoms with van der Waals surface area (Å²) >= 11 is 1.68. The molecule has 0 unspecified atom stereocenters. The summed E-state index contributed by atoms with van der Waals surface area (Å²) in [6.07, 6.45) is 0. The highest BCUT2D eigenvalue weighted by atomic mass is 32.1. The third-order valence-corrected chi connectivity index (χ3v) is 4.95. The fraction of sp³-hybridized carbons (Fsp3) is 0. The number of aromatic nitrogens is 3. The summed E-state index contributed by atoms with van der Waals surface area (Å²) in [6.45, 7) is 0. The maximum atomic E-state index is 4.41. The Kier molecular flexibility index (Phi) is 2.37. The van der Waals surface area contributed by atoms with Gasteiger partial charge in [0.25, 0.3) is 0 Å². The molecular weight excluding hydrogens is 290 g/mol. The Morgan fingerprint density at radius 1 is 0.773 bits per heavy atom. The number of hydrogen-bond donors (Lipinski definition) is 0. The number of rotatable bonds is 1. The quantitative estimate of drug-likeness (QED) is 0.446. The highest BCUT2D eigenvalue weighted by Crippen LogP contribution is 2.34. The molecule has 3 nitrogen and oxygen atoms in total. The van der Waals surface area contributed by atoms with E-state index in [9.17, 15) is 0 Å². The van der Waals surface area contributed by atoms with Gasteiger partial charge in [-0.15, -0.1) is 10.2 Å². The predicted molar refractivity (Wildman–Crippen MR) is 91.3 cm³/mol. The van der Waals surface area contributed by atoms with E-state index in [-0.39, 0.29) is 0 Å². The van der Waals surface area contributed by atoms with Gasteiger partial charge in [-0.3, -0.25) is 4.40 Å². The number of fused-ring (bicyclic) bond motifs is 5. The van der Waals surface area contributed by atoms with Crippen molar-refractivity contribution in [2.24, 2.45) is 0 Å². The molecular formula is C18H11N3S. The minimum Gasteiger partial charge on any atom is -0.265 e. The maximum Gasteiger partial charge on any atom is 0.217 e. The smallest absolute Gasteiger partial charge is 0.217 e. The van der Waals surface area contributed by atoms with Gasteiger partial charge >= 0.3 is 0 Å². The van der Waals surface area contributed by atoms with Crippen LogP contribution in [0.1, 0.15) is 0 Å². The molecule has 0 aliphatic heterocycles. The lowest BCUT2D eigenvalue weighted by molar-refractivity contribution is 1.12. The Balaban J connectivity index is 2.00. The zero-order valence-electron chi connectivity index (χ0n) is 11.6. The van der Waals surface area contributed by atoms with Gasteiger partial charge in [-0.25, -0.2) is 0 Å². The highest BCUT2D eigenvalue weighted by molar-refractivity contribution is 7.23. The lowest BCUT2D eigenvalue weighted by Crippen LogP contribution is -1.88. The van der Waals surface area contributed by atoms with Crippen LogP contribution in [0.2, 0.25) is 0 Å². The van der Waals surface area contributed by atoms with Gasteiger partial charge in [-0.1, -0.05) is 72.0 Å². The van der Waals surface area contributed by atoms with Crippen molar-refractivity contribution >= 4 is 37.3 Å². The van der Waals surface area contributed by atoms with Crippen LogP contribution in [0.3, 0.4) is 0 Å². The van der Waals surface area contributed by atoms with Crippen molar-refractivity contribution in [1.29, 1.82) is 0 Å². The molecule has 0 radical (unpaired) electrons. The average molecular weight is 301 g/mol. The summed E-state index contributed by atoms with van der Waals surface area (Å²) in [5.74, 6) is 0.901. The predicted octanol–water partition coefficient (Wildman–Crippen LogP) is 4.76. The van der Waals surface area contributed by atoms with E-state index >= 15 is 0 Å². The van der Waals surface area contributed by atoms with Gasteiger partial charge in [0, 0.05) is 10.9 Å². The summed E-state index contributed by atoms with van der Waals surface area (Å²) in [5.41, 5.74) is 2.28. The second-order valence-electron chi connectivity index (χ2n) is 5.24. The van der Waals surface area contributed by atoms with Crippen LogP contribution in [0.25, 0.3) is 37.3 Å². The van der Waals surface area contributed by atoms with Crippen LogP contribution in [0.15, 0.2) is 66.7 Å². The zero-order valence-corrected chi connectivity index (χ0v) is 12.4. The van der Waals surface area contributed by atoms with E-state index in [0.29, 0.717) is 0 Å². The Morgan fingerprint density at radius 2 is 1.59 bits per heavy atom. The van der Waals surface area contributed by atoms with Crippen LogP contribution in [-0.2, 0) is 0 Å². The highest BCUT2D eigenvalue weighted by Gasteiger charge is 2.15. The molecule has 0 amide bonds. The lowest BCUT2D eigenvalue weighted by atomic mass is 10.1. The Bertz CT molecular complexity index is 1120. The van der Waals surface area contributed by atoms with Crippen LogP contribution in [0.5, 0.6) is 0 Å². The number of thiazole rings is 1. The summed E-state index contributed by atoms with van der Waals surface area (Å²) in [5, 5.41) is 11.3. The first-order chi connectivity index (χ1) is 10.9. The molecule has 104 valence electrons. The molecule has 2 aromatic heterocycles. The first-order valence-corrected chi connectivity index (χ1v) is 7.94. The minimum atomic E-state index is 0.901. The van der Waals surface area contributed by atoms with E-state index in [1.165, 1.54) is 21.0 Å². The molecule has 2 heterocycles. The standard InChI is InChI=1S/C18H11N3S/c1-2-7-13(8-3-1)17-19-20-18-21(17)16-14-9-5-4-6-12(14)10-11-15(16)22-18/h1-11H. The number of nitrogens with zero attached hydrogens (tertiary/aromatic N) is 3. The Hall–Kier alpha value is -2.72. The van der Waals surface area contributed by atoms with Crippen LogP contribution >= 0.6 is 11.3 Å². The number of hydrogen-bond acceptors (Lipinski definition) is 3. The normalized spacial score (nSPS) is 11.6. The molecule has 3 aromatic carbocycles. The van der Waals surface area contributed by atoms with Gasteiger partial charge in [0.05, 0.1) is 10.2 Å². The van der Waals surface area contributed by atoms with E-state index in [4.69, 9.17) is 0 Å². The lowest BCUT2D eigenvalue weighted by Gasteiger charge is -2.02. The van der Waals surface area contributed by atoms with Gasteiger partial charge in [0.15, 0.2) is 5.82 Å². The van der Waals surface area contributed by atoms with Gasteiger partial charge in [0.2, 0.25) is 4.96 Å². The van der Waals surface area contributed by atoms with Crippen molar-refractivity contribution in [1.82, 2.24) is 14.6 Å². The molecule has 22 heavy (non-hydrogen) atoms. The molecule has 0 saturated heterocycles. The molecule has 0 aliphatic rings. The Morgan fingerprint density at radius 3 is 2.50 bits per heavy atom. The average Bonchev–Trinajstić information content (AvgIpc) is 3.14. The van der Waals surface area contributed by atoms with Crippen molar-refractivity contribution < 1.29 is 0 Å². The van der Waals surface area contributed by atoms with Gasteiger partial charge < -0.3 is 0 Å². The topological polar surface area (TPSA) is 30.2 Å². The minimum absolute atomic E-state index is 0.901. The third kappa shape index (κ3) is 1.55. The van der Waals surface area contributed by atoms with Crippen molar-refractivity contribution in [3.63, 3.8) is 0 Å². The largest absolute Gasteiger partial charge is 0.265 e. The van der Waals surface area contributed by atoms with E-state index in [1.54, 1.807) is 11.3 Å². The zero-order chi connectivity index (χ0) is 14.5. The van der Waals surface area contributed by atoms with Crippen LogP contribution in [0.4, 0.5) is 0 Å². The molecule has 0 bridgehead atoms. The third-order valence-electron chi connectivity index (χ3n) is 3.95. The monoisotopic (exact) mass is 301 g/mol. The van der Waals surface area contributed by atoms with Crippen molar-refractivity contribution in [2.45, 2.75) is 0 Å². The van der Waals surface area contributed by atoms with Crippen molar-refractivity contribution in [3.05, 3.63) is 66.7 Å². The summed E-state index contributed by atoms with van der Waals surface area (Å²) in [6, 6.07) is 23.0. The number of benzene rings is 3. The second kappa shape index (κ2) is 4.39. The Labute approximate surface area is 130 Å². The molecule has 0 atom stereocenters. The van der Waals surface area contributed by atoms with E-state index in [2.05, 4.69) is 63.1 Å². The fourth-order valence-electron chi connectivity index (χ4n) is 2.96. The summed E-state index contributed by atoms with van der Waals surface area (Å²) in [7, 11) is 0. The molecule has 0 fully saturated rings. The molecule has 5 aromatic rings. The summed E-state index contributed by atoms with van der Waals surface area (Å²) < 4.78 is 3.42. The van der Waals surface area contributed by atoms with Gasteiger partial charge in [0.1, 0.15) is 0 Å². The van der Waals surface area contributed by atoms with Crippen LogP contribution < -0.4 is 0 Å². The molecule has 4 heteroatoms. The maximum absolute atomic E-state index is 4.41. The second-order valence-corrected chi connectivity index (χ2v) is 6.25.